The molecule has 0 saturated carbocycles. The van der Waals surface area contributed by atoms with Gasteiger partial charge in [0.1, 0.15) is 17.3 Å². The summed E-state index contributed by atoms with van der Waals surface area (Å²) in [5, 5.41) is 13.9. The zero-order valence-corrected chi connectivity index (χ0v) is 12.0. The van der Waals surface area contributed by atoms with Crippen LogP contribution in [0.25, 0.3) is 0 Å². The van der Waals surface area contributed by atoms with Crippen LogP contribution in [0.3, 0.4) is 0 Å². The Hall–Kier alpha value is -2.63. The maximum absolute atomic E-state index is 10.7. The summed E-state index contributed by atoms with van der Waals surface area (Å²) < 4.78 is 5.76. The molecule has 0 saturated heterocycles. The van der Waals surface area contributed by atoms with Crippen molar-refractivity contribution in [2.45, 2.75) is 20.3 Å². The molecule has 1 aromatic carbocycles. The number of nitrogens with zero attached hydrogens (tertiary/aromatic N) is 2. The fraction of sp³-hybridized carbons (Fsp3) is 0.267. The van der Waals surface area contributed by atoms with E-state index in [0.29, 0.717) is 17.1 Å². The van der Waals surface area contributed by atoms with Gasteiger partial charge in [-0.15, -0.1) is 0 Å². The Morgan fingerprint density at radius 3 is 2.81 bits per heavy atom. The third-order valence-corrected chi connectivity index (χ3v) is 2.88. The lowest BCUT2D eigenvalue weighted by Crippen LogP contribution is -2.01. The third kappa shape index (κ3) is 3.92. The highest BCUT2D eigenvalue weighted by Crippen LogP contribution is 2.28. The number of aryl methyl sites for hydroxylation is 1. The molecule has 0 aliphatic carbocycles. The number of rotatable bonds is 6. The van der Waals surface area contributed by atoms with Crippen LogP contribution in [0.2, 0.25) is 0 Å². The van der Waals surface area contributed by atoms with Gasteiger partial charge in [-0.25, -0.2) is 4.98 Å². The second-order valence-electron chi connectivity index (χ2n) is 4.61. The number of benzene rings is 1. The molecule has 0 spiro atoms. The van der Waals surface area contributed by atoms with Crippen LogP contribution in [-0.4, -0.2) is 16.5 Å². The van der Waals surface area contributed by atoms with Crippen molar-refractivity contribution in [1.82, 2.24) is 4.98 Å². The number of anilines is 1. The van der Waals surface area contributed by atoms with Crippen molar-refractivity contribution in [2.24, 2.45) is 0 Å². The molecule has 6 heteroatoms. The Balaban J connectivity index is 2.16. The van der Waals surface area contributed by atoms with E-state index in [1.54, 1.807) is 31.3 Å². The number of pyridine rings is 1. The van der Waals surface area contributed by atoms with Gasteiger partial charge in [-0.3, -0.25) is 10.1 Å². The highest BCUT2D eigenvalue weighted by Gasteiger charge is 2.09. The minimum atomic E-state index is -0.421. The standard InChI is InChI=1S/C15H17N3O3/c1-3-7-16-15-10-13(6-8-17-15)21-14-5-4-12(18(19)20)9-11(14)2/h4-6,8-10H,3,7H2,1-2H3,(H,16,17). The van der Waals surface area contributed by atoms with Crippen molar-refractivity contribution < 1.29 is 9.66 Å². The minimum absolute atomic E-state index is 0.0554. The minimum Gasteiger partial charge on any atom is -0.457 e. The zero-order chi connectivity index (χ0) is 15.2. The van der Waals surface area contributed by atoms with Crippen LogP contribution in [0, 0.1) is 17.0 Å². The van der Waals surface area contributed by atoms with E-state index in [9.17, 15) is 10.1 Å². The molecule has 21 heavy (non-hydrogen) atoms. The topological polar surface area (TPSA) is 77.3 Å². The summed E-state index contributed by atoms with van der Waals surface area (Å²) in [6.45, 7) is 4.69. The van der Waals surface area contributed by atoms with Gasteiger partial charge in [0.25, 0.3) is 5.69 Å². The van der Waals surface area contributed by atoms with E-state index >= 15 is 0 Å². The van der Waals surface area contributed by atoms with Crippen LogP contribution in [0.4, 0.5) is 11.5 Å². The van der Waals surface area contributed by atoms with Gasteiger partial charge in [0.15, 0.2) is 0 Å². The molecule has 0 amide bonds. The van der Waals surface area contributed by atoms with Gasteiger partial charge in [0, 0.05) is 30.9 Å². The van der Waals surface area contributed by atoms with Crippen LogP contribution < -0.4 is 10.1 Å². The Bertz CT molecular complexity index is 644. The molecule has 0 bridgehead atoms. The molecule has 0 unspecified atom stereocenters. The number of hydrogen-bond donors (Lipinski definition) is 1. The van der Waals surface area contributed by atoms with E-state index < -0.39 is 4.92 Å². The Labute approximate surface area is 122 Å². The van der Waals surface area contributed by atoms with Crippen molar-refractivity contribution in [3.05, 3.63) is 52.2 Å². The van der Waals surface area contributed by atoms with Gasteiger partial charge < -0.3 is 10.1 Å². The Morgan fingerprint density at radius 1 is 1.33 bits per heavy atom. The first-order valence-corrected chi connectivity index (χ1v) is 6.73. The summed E-state index contributed by atoms with van der Waals surface area (Å²) in [4.78, 5) is 14.5. The average Bonchev–Trinajstić information content (AvgIpc) is 2.47. The van der Waals surface area contributed by atoms with E-state index in [1.165, 1.54) is 12.1 Å². The lowest BCUT2D eigenvalue weighted by Gasteiger charge is -2.10. The van der Waals surface area contributed by atoms with Crippen molar-refractivity contribution in [2.75, 3.05) is 11.9 Å². The lowest BCUT2D eigenvalue weighted by atomic mass is 10.2. The van der Waals surface area contributed by atoms with Gasteiger partial charge in [0.05, 0.1) is 4.92 Å². The van der Waals surface area contributed by atoms with Gasteiger partial charge in [-0.2, -0.15) is 0 Å². The second-order valence-corrected chi connectivity index (χ2v) is 4.61. The predicted molar refractivity (Wildman–Crippen MR) is 80.9 cm³/mol. The van der Waals surface area contributed by atoms with Crippen LogP contribution in [0.1, 0.15) is 18.9 Å². The third-order valence-electron chi connectivity index (χ3n) is 2.88. The number of nitrogens with one attached hydrogen (secondary N) is 1. The largest absolute Gasteiger partial charge is 0.457 e. The highest BCUT2D eigenvalue weighted by atomic mass is 16.6. The number of aromatic nitrogens is 1. The smallest absolute Gasteiger partial charge is 0.269 e. The fourth-order valence-corrected chi connectivity index (χ4v) is 1.81. The van der Waals surface area contributed by atoms with E-state index in [4.69, 9.17) is 4.74 Å². The van der Waals surface area contributed by atoms with Crippen molar-refractivity contribution in [3.63, 3.8) is 0 Å². The molecule has 0 atom stereocenters. The quantitative estimate of drug-likeness (QED) is 0.643. The monoisotopic (exact) mass is 287 g/mol. The van der Waals surface area contributed by atoms with Crippen LogP contribution in [0.15, 0.2) is 36.5 Å². The fourth-order valence-electron chi connectivity index (χ4n) is 1.81. The maximum Gasteiger partial charge on any atom is 0.269 e. The molecule has 0 aliphatic rings. The first-order valence-electron chi connectivity index (χ1n) is 6.73. The number of non-ortho nitro benzene ring substituents is 1. The lowest BCUT2D eigenvalue weighted by molar-refractivity contribution is -0.384. The normalized spacial score (nSPS) is 10.2. The molecule has 0 radical (unpaired) electrons. The van der Waals surface area contributed by atoms with E-state index in [0.717, 1.165) is 18.8 Å². The van der Waals surface area contributed by atoms with E-state index in [1.807, 2.05) is 0 Å². The van der Waals surface area contributed by atoms with Crippen LogP contribution in [0.5, 0.6) is 11.5 Å². The summed E-state index contributed by atoms with van der Waals surface area (Å²) in [5.41, 5.74) is 0.768. The average molecular weight is 287 g/mol. The summed E-state index contributed by atoms with van der Waals surface area (Å²) in [6.07, 6.45) is 2.67. The maximum atomic E-state index is 10.7. The number of hydrogen-bond acceptors (Lipinski definition) is 5. The second kappa shape index (κ2) is 6.69. The van der Waals surface area contributed by atoms with Gasteiger partial charge in [-0.1, -0.05) is 6.92 Å². The highest BCUT2D eigenvalue weighted by molar-refractivity contribution is 5.47. The molecule has 1 aromatic heterocycles. The summed E-state index contributed by atoms with van der Waals surface area (Å²) in [7, 11) is 0. The van der Waals surface area contributed by atoms with Crippen molar-refractivity contribution >= 4 is 11.5 Å². The summed E-state index contributed by atoms with van der Waals surface area (Å²) in [5.74, 6) is 1.97. The summed E-state index contributed by atoms with van der Waals surface area (Å²) in [6, 6.07) is 8.08. The van der Waals surface area contributed by atoms with E-state index in [-0.39, 0.29) is 5.69 Å². The summed E-state index contributed by atoms with van der Waals surface area (Å²) >= 11 is 0. The Morgan fingerprint density at radius 2 is 2.14 bits per heavy atom. The first kappa shape index (κ1) is 14.8. The molecular weight excluding hydrogens is 270 g/mol. The van der Waals surface area contributed by atoms with E-state index in [2.05, 4.69) is 17.2 Å². The number of nitro benzene ring substituents is 1. The molecule has 2 aromatic rings. The SMILES string of the molecule is CCCNc1cc(Oc2ccc([N+](=O)[O-])cc2C)ccn1. The molecule has 110 valence electrons. The molecule has 6 nitrogen and oxygen atoms in total. The molecule has 0 fully saturated rings. The van der Waals surface area contributed by atoms with Gasteiger partial charge in [0.2, 0.25) is 0 Å². The first-order chi connectivity index (χ1) is 10.1. The van der Waals surface area contributed by atoms with Crippen LogP contribution >= 0.6 is 0 Å². The zero-order valence-electron chi connectivity index (χ0n) is 12.0. The van der Waals surface area contributed by atoms with Gasteiger partial charge in [-0.05, 0) is 31.0 Å². The number of nitro groups is 1. The predicted octanol–water partition coefficient (Wildman–Crippen LogP) is 3.91. The molecule has 1 N–H and O–H groups in total. The molecule has 1 heterocycles. The van der Waals surface area contributed by atoms with Crippen LogP contribution in [-0.2, 0) is 0 Å². The Kier molecular flexibility index (Phi) is 4.71. The van der Waals surface area contributed by atoms with Crippen molar-refractivity contribution in [3.8, 4) is 11.5 Å². The number of ether oxygens (including phenoxy) is 1. The van der Waals surface area contributed by atoms with Gasteiger partial charge >= 0.3 is 0 Å². The molecule has 2 rings (SSSR count). The van der Waals surface area contributed by atoms with Crippen molar-refractivity contribution in [1.29, 1.82) is 0 Å². The molecule has 0 aliphatic heterocycles. The molecular formula is C15H17N3O3.